The lowest BCUT2D eigenvalue weighted by atomic mass is 9.89. The zero-order valence-corrected chi connectivity index (χ0v) is 16.7. The number of hydrogen-bond donors (Lipinski definition) is 2. The van der Waals surface area contributed by atoms with Crippen molar-refractivity contribution in [3.63, 3.8) is 0 Å². The van der Waals surface area contributed by atoms with E-state index >= 15 is 0 Å². The van der Waals surface area contributed by atoms with Gasteiger partial charge in [0.15, 0.2) is 0 Å². The Bertz CT molecular complexity index is 704. The van der Waals surface area contributed by atoms with E-state index in [9.17, 15) is 19.1 Å². The zero-order valence-electron chi connectivity index (χ0n) is 16.7. The summed E-state index contributed by atoms with van der Waals surface area (Å²) in [5.41, 5.74) is -1.45. The van der Waals surface area contributed by atoms with Crippen LogP contribution >= 0.6 is 0 Å². The van der Waals surface area contributed by atoms with Crippen LogP contribution in [0.2, 0.25) is 0 Å². The van der Waals surface area contributed by atoms with Crippen LogP contribution in [0.15, 0.2) is 36.9 Å². The number of likely N-dealkylation sites (tertiary alicyclic amines) is 1. The van der Waals surface area contributed by atoms with Crippen LogP contribution in [0.4, 0.5) is 9.18 Å². The molecule has 2 rings (SSSR count). The van der Waals surface area contributed by atoms with Crippen molar-refractivity contribution in [2.75, 3.05) is 13.1 Å². The lowest BCUT2D eigenvalue weighted by Crippen LogP contribution is -2.55. The van der Waals surface area contributed by atoms with Crippen molar-refractivity contribution >= 4 is 12.0 Å². The molecule has 1 aliphatic heterocycles. The van der Waals surface area contributed by atoms with Gasteiger partial charge in [-0.25, -0.2) is 9.18 Å². The third-order valence-electron chi connectivity index (χ3n) is 4.65. The molecule has 0 aromatic heterocycles. The van der Waals surface area contributed by atoms with Crippen molar-refractivity contribution in [3.05, 3.63) is 48.3 Å². The van der Waals surface area contributed by atoms with Gasteiger partial charge < -0.3 is 20.1 Å². The Morgan fingerprint density at radius 3 is 2.39 bits per heavy atom. The van der Waals surface area contributed by atoms with Gasteiger partial charge in [-0.1, -0.05) is 18.2 Å². The molecule has 1 fully saturated rings. The predicted molar refractivity (Wildman–Crippen MR) is 104 cm³/mol. The van der Waals surface area contributed by atoms with Crippen molar-refractivity contribution in [3.8, 4) is 0 Å². The fraction of sp³-hybridized carbons (Fsp3) is 0.524. The normalized spacial score (nSPS) is 17.5. The number of carbonyl (C=O) groups excluding carboxylic acids is 2. The average Bonchev–Trinajstić information content (AvgIpc) is 2.61. The molecule has 0 radical (unpaired) electrons. The van der Waals surface area contributed by atoms with Crippen molar-refractivity contribution in [2.45, 2.75) is 57.3 Å². The van der Waals surface area contributed by atoms with Crippen LogP contribution in [0, 0.1) is 5.82 Å². The van der Waals surface area contributed by atoms with Crippen LogP contribution in [-0.4, -0.2) is 46.3 Å². The molecule has 0 bridgehead atoms. The number of halogens is 1. The third kappa shape index (κ3) is 5.79. The molecule has 1 aromatic carbocycles. The number of nitrogens with one attached hydrogen (secondary N) is 1. The molecule has 1 aliphatic rings. The first-order chi connectivity index (χ1) is 13.0. The number of carbonyl (C=O) groups is 2. The highest BCUT2D eigenvalue weighted by atomic mass is 19.1. The number of benzene rings is 1. The first kappa shape index (κ1) is 21.9. The third-order valence-corrected chi connectivity index (χ3v) is 4.65. The second-order valence-corrected chi connectivity index (χ2v) is 8.10. The van der Waals surface area contributed by atoms with Crippen molar-refractivity contribution in [1.29, 1.82) is 0 Å². The van der Waals surface area contributed by atoms with Crippen LogP contribution in [-0.2, 0) is 9.53 Å². The first-order valence-corrected chi connectivity index (χ1v) is 9.42. The Morgan fingerprint density at radius 1 is 1.32 bits per heavy atom. The second kappa shape index (κ2) is 8.73. The van der Waals surface area contributed by atoms with E-state index in [0.29, 0.717) is 6.42 Å². The van der Waals surface area contributed by atoms with Gasteiger partial charge >= 0.3 is 6.09 Å². The molecule has 1 aromatic rings. The van der Waals surface area contributed by atoms with E-state index in [1.165, 1.54) is 17.0 Å². The molecule has 0 aliphatic carbocycles. The molecule has 7 heteroatoms. The molecule has 1 saturated heterocycles. The van der Waals surface area contributed by atoms with E-state index in [1.54, 1.807) is 39.0 Å². The Morgan fingerprint density at radius 2 is 1.89 bits per heavy atom. The summed E-state index contributed by atoms with van der Waals surface area (Å²) in [7, 11) is 0. The van der Waals surface area contributed by atoms with E-state index in [1.807, 2.05) is 0 Å². The predicted octanol–water partition coefficient (Wildman–Crippen LogP) is 3.32. The molecule has 1 atom stereocenters. The second-order valence-electron chi connectivity index (χ2n) is 8.10. The standard InChI is InChI=1S/C21H29FN2O4/c1-5-6-17(15-7-9-16(22)10-8-15)23-18(25)21(27)11-13-24(14-12-21)19(26)28-20(2,3)4/h5,7-10,17,27H,1,6,11-14H2,2-4H3,(H,23,25)/t17-/m0/s1. The summed E-state index contributed by atoms with van der Waals surface area (Å²) in [6.07, 6.45) is 1.87. The summed E-state index contributed by atoms with van der Waals surface area (Å²) in [6, 6.07) is 5.42. The summed E-state index contributed by atoms with van der Waals surface area (Å²) in [4.78, 5) is 26.4. The average molecular weight is 392 g/mol. The number of nitrogens with zero attached hydrogens (tertiary/aromatic N) is 1. The molecule has 6 nitrogen and oxygen atoms in total. The number of aliphatic hydroxyl groups is 1. The van der Waals surface area contributed by atoms with Gasteiger partial charge in [-0.05, 0) is 44.9 Å². The van der Waals surface area contributed by atoms with Crippen LogP contribution in [0.3, 0.4) is 0 Å². The monoisotopic (exact) mass is 392 g/mol. The summed E-state index contributed by atoms with van der Waals surface area (Å²) in [6.45, 7) is 9.50. The Hall–Kier alpha value is -2.41. The summed E-state index contributed by atoms with van der Waals surface area (Å²) >= 11 is 0. The number of piperidine rings is 1. The van der Waals surface area contributed by atoms with E-state index in [0.717, 1.165) is 5.56 Å². The van der Waals surface area contributed by atoms with E-state index in [4.69, 9.17) is 4.74 Å². The molecular weight excluding hydrogens is 363 g/mol. The van der Waals surface area contributed by atoms with E-state index in [2.05, 4.69) is 11.9 Å². The SMILES string of the molecule is C=CC[C@H](NC(=O)C1(O)CCN(C(=O)OC(C)(C)C)CC1)c1ccc(F)cc1. The van der Waals surface area contributed by atoms with Gasteiger partial charge in [-0.3, -0.25) is 4.79 Å². The van der Waals surface area contributed by atoms with Gasteiger partial charge in [0.2, 0.25) is 0 Å². The van der Waals surface area contributed by atoms with Crippen LogP contribution in [0.25, 0.3) is 0 Å². The molecule has 0 unspecified atom stereocenters. The Labute approximate surface area is 165 Å². The maximum Gasteiger partial charge on any atom is 0.410 e. The minimum atomic E-state index is -1.57. The highest BCUT2D eigenvalue weighted by Crippen LogP contribution is 2.26. The fourth-order valence-corrected chi connectivity index (χ4v) is 3.05. The quantitative estimate of drug-likeness (QED) is 0.754. The smallest absolute Gasteiger partial charge is 0.410 e. The fourth-order valence-electron chi connectivity index (χ4n) is 3.05. The Kier molecular flexibility index (Phi) is 6.82. The molecular formula is C21H29FN2O4. The minimum Gasteiger partial charge on any atom is -0.444 e. The van der Waals surface area contributed by atoms with Crippen molar-refractivity contribution in [1.82, 2.24) is 10.2 Å². The molecule has 1 heterocycles. The van der Waals surface area contributed by atoms with Crippen LogP contribution in [0.1, 0.15) is 51.6 Å². The van der Waals surface area contributed by atoms with Gasteiger partial charge in [-0.15, -0.1) is 6.58 Å². The first-order valence-electron chi connectivity index (χ1n) is 9.42. The van der Waals surface area contributed by atoms with Gasteiger partial charge in [0.25, 0.3) is 5.91 Å². The van der Waals surface area contributed by atoms with E-state index < -0.39 is 29.2 Å². The van der Waals surface area contributed by atoms with Crippen LogP contribution in [0.5, 0.6) is 0 Å². The largest absolute Gasteiger partial charge is 0.444 e. The Balaban J connectivity index is 2.00. The molecule has 0 saturated carbocycles. The van der Waals surface area contributed by atoms with Gasteiger partial charge in [0.1, 0.15) is 17.0 Å². The highest BCUT2D eigenvalue weighted by molar-refractivity contribution is 5.85. The maximum atomic E-state index is 13.2. The van der Waals surface area contributed by atoms with Crippen molar-refractivity contribution in [2.24, 2.45) is 0 Å². The van der Waals surface area contributed by atoms with Gasteiger partial charge in [-0.2, -0.15) is 0 Å². The lowest BCUT2D eigenvalue weighted by Gasteiger charge is -2.38. The van der Waals surface area contributed by atoms with Gasteiger partial charge in [0.05, 0.1) is 6.04 Å². The van der Waals surface area contributed by atoms with Crippen molar-refractivity contribution < 1.29 is 23.8 Å². The molecule has 2 amide bonds. The molecule has 2 N–H and O–H groups in total. The number of rotatable bonds is 5. The van der Waals surface area contributed by atoms with Crippen LogP contribution < -0.4 is 5.32 Å². The minimum absolute atomic E-state index is 0.113. The number of amides is 2. The summed E-state index contributed by atoms with van der Waals surface area (Å²) in [5.74, 6) is -0.868. The summed E-state index contributed by atoms with van der Waals surface area (Å²) in [5, 5.41) is 13.6. The number of ether oxygens (including phenoxy) is 1. The highest BCUT2D eigenvalue weighted by Gasteiger charge is 2.41. The molecule has 28 heavy (non-hydrogen) atoms. The number of hydrogen-bond acceptors (Lipinski definition) is 4. The van der Waals surface area contributed by atoms with E-state index in [-0.39, 0.29) is 31.7 Å². The lowest BCUT2D eigenvalue weighted by molar-refractivity contribution is -0.145. The molecule has 0 spiro atoms. The zero-order chi connectivity index (χ0) is 20.9. The molecule has 154 valence electrons. The summed E-state index contributed by atoms with van der Waals surface area (Å²) < 4.78 is 18.5. The van der Waals surface area contributed by atoms with Gasteiger partial charge in [0, 0.05) is 25.9 Å². The maximum absolute atomic E-state index is 13.2. The topological polar surface area (TPSA) is 78.9 Å².